The van der Waals surface area contributed by atoms with E-state index in [-0.39, 0.29) is 18.1 Å². The number of hydrogen-bond donors (Lipinski definition) is 1. The van der Waals surface area contributed by atoms with E-state index in [1.807, 2.05) is 13.3 Å². The first kappa shape index (κ1) is 19.9. The zero-order chi connectivity index (χ0) is 16.5. The summed E-state index contributed by atoms with van der Waals surface area (Å²) in [5.41, 5.74) is -0.226. The van der Waals surface area contributed by atoms with Gasteiger partial charge in [-0.1, -0.05) is 13.8 Å². The SMILES string of the molecule is CCN(C=NC(C)CCC(=O)O)CC(C)(C)OCC(C)C. The smallest absolute Gasteiger partial charge is 0.303 e. The largest absolute Gasteiger partial charge is 0.481 e. The van der Waals surface area contributed by atoms with Crippen LogP contribution in [0.15, 0.2) is 4.99 Å². The standard InChI is InChI=1S/C16H32N2O3/c1-7-18(11-16(5,6)21-10-13(2)3)12-17-14(4)8-9-15(19)20/h12-14H,7-11H2,1-6H3,(H,19,20). The molecule has 0 saturated heterocycles. The Labute approximate surface area is 129 Å². The minimum atomic E-state index is -0.771. The predicted molar refractivity (Wildman–Crippen MR) is 86.9 cm³/mol. The molecule has 1 unspecified atom stereocenters. The summed E-state index contributed by atoms with van der Waals surface area (Å²) >= 11 is 0. The van der Waals surface area contributed by atoms with E-state index in [1.165, 1.54) is 0 Å². The van der Waals surface area contributed by atoms with Crippen LogP contribution >= 0.6 is 0 Å². The number of aliphatic carboxylic acids is 1. The van der Waals surface area contributed by atoms with Gasteiger partial charge in [-0.25, -0.2) is 0 Å². The lowest BCUT2D eigenvalue weighted by Gasteiger charge is -2.32. The highest BCUT2D eigenvalue weighted by atomic mass is 16.5. The van der Waals surface area contributed by atoms with Crippen LogP contribution in [0.1, 0.15) is 54.4 Å². The fraction of sp³-hybridized carbons (Fsp3) is 0.875. The molecule has 1 N–H and O–H groups in total. The highest BCUT2D eigenvalue weighted by molar-refractivity contribution is 5.66. The van der Waals surface area contributed by atoms with Gasteiger partial charge < -0.3 is 14.7 Å². The van der Waals surface area contributed by atoms with Gasteiger partial charge in [0.2, 0.25) is 0 Å². The fourth-order valence-corrected chi connectivity index (χ4v) is 1.78. The van der Waals surface area contributed by atoms with Crippen LogP contribution in [0.3, 0.4) is 0 Å². The molecule has 0 heterocycles. The lowest BCUT2D eigenvalue weighted by molar-refractivity contribution is -0.137. The van der Waals surface area contributed by atoms with Crippen molar-refractivity contribution >= 4 is 12.3 Å². The second-order valence-corrected chi connectivity index (χ2v) is 6.57. The molecule has 0 aliphatic rings. The van der Waals surface area contributed by atoms with Crippen LogP contribution in [0.25, 0.3) is 0 Å². The summed E-state index contributed by atoms with van der Waals surface area (Å²) in [5.74, 6) is -0.253. The molecular formula is C16H32N2O3. The summed E-state index contributed by atoms with van der Waals surface area (Å²) in [6.45, 7) is 14.8. The Kier molecular flexibility index (Phi) is 9.26. The first-order valence-corrected chi connectivity index (χ1v) is 7.79. The van der Waals surface area contributed by atoms with Gasteiger partial charge in [-0.15, -0.1) is 0 Å². The Bertz CT molecular complexity index is 327. The average molecular weight is 300 g/mol. The maximum atomic E-state index is 10.5. The van der Waals surface area contributed by atoms with E-state index >= 15 is 0 Å². The Balaban J connectivity index is 4.33. The van der Waals surface area contributed by atoms with Crippen LogP contribution in [0.4, 0.5) is 0 Å². The van der Waals surface area contributed by atoms with Crippen LogP contribution in [-0.2, 0) is 9.53 Å². The number of carbonyl (C=O) groups is 1. The highest BCUT2D eigenvalue weighted by Gasteiger charge is 2.21. The van der Waals surface area contributed by atoms with Crippen molar-refractivity contribution in [3.63, 3.8) is 0 Å². The van der Waals surface area contributed by atoms with E-state index in [1.54, 1.807) is 0 Å². The summed E-state index contributed by atoms with van der Waals surface area (Å²) in [5, 5.41) is 8.66. The molecular weight excluding hydrogens is 268 g/mol. The second-order valence-electron chi connectivity index (χ2n) is 6.57. The lowest BCUT2D eigenvalue weighted by Crippen LogP contribution is -2.41. The van der Waals surface area contributed by atoms with Crippen molar-refractivity contribution in [2.75, 3.05) is 19.7 Å². The summed E-state index contributed by atoms with van der Waals surface area (Å²) in [6.07, 6.45) is 2.55. The number of likely N-dealkylation sites (N-methyl/N-ethyl adjacent to an activating group) is 1. The van der Waals surface area contributed by atoms with Gasteiger partial charge in [0, 0.05) is 32.2 Å². The molecule has 0 saturated carbocycles. The minimum absolute atomic E-state index is 0.0230. The van der Waals surface area contributed by atoms with Crippen molar-refractivity contribution in [2.45, 2.75) is 66.0 Å². The first-order valence-electron chi connectivity index (χ1n) is 7.79. The van der Waals surface area contributed by atoms with E-state index in [2.05, 4.69) is 44.5 Å². The van der Waals surface area contributed by atoms with Crippen LogP contribution < -0.4 is 0 Å². The third kappa shape index (κ3) is 11.3. The van der Waals surface area contributed by atoms with E-state index < -0.39 is 5.97 Å². The second kappa shape index (κ2) is 9.77. The predicted octanol–water partition coefficient (Wildman–Crippen LogP) is 3.04. The maximum Gasteiger partial charge on any atom is 0.303 e. The number of hydrogen-bond acceptors (Lipinski definition) is 3. The maximum absolute atomic E-state index is 10.5. The van der Waals surface area contributed by atoms with Gasteiger partial charge in [-0.3, -0.25) is 9.79 Å². The lowest BCUT2D eigenvalue weighted by atomic mass is 10.1. The Morgan fingerprint density at radius 3 is 2.48 bits per heavy atom. The third-order valence-electron chi connectivity index (χ3n) is 3.06. The van der Waals surface area contributed by atoms with E-state index in [0.29, 0.717) is 12.3 Å². The summed E-state index contributed by atoms with van der Waals surface area (Å²) in [7, 11) is 0. The number of carboxylic acids is 1. The molecule has 0 aromatic carbocycles. The van der Waals surface area contributed by atoms with Gasteiger partial charge in [-0.2, -0.15) is 0 Å². The molecule has 5 nitrogen and oxygen atoms in total. The Hall–Kier alpha value is -1.10. The van der Waals surface area contributed by atoms with Gasteiger partial charge in [-0.05, 0) is 40.0 Å². The van der Waals surface area contributed by atoms with Crippen molar-refractivity contribution in [1.82, 2.24) is 4.90 Å². The molecule has 0 aliphatic heterocycles. The molecule has 5 heteroatoms. The number of aliphatic imine (C=N–C) groups is 1. The molecule has 21 heavy (non-hydrogen) atoms. The number of nitrogens with zero attached hydrogens (tertiary/aromatic N) is 2. The topological polar surface area (TPSA) is 62.1 Å². The molecule has 0 fully saturated rings. The van der Waals surface area contributed by atoms with Crippen LogP contribution in [0.5, 0.6) is 0 Å². The van der Waals surface area contributed by atoms with E-state index in [0.717, 1.165) is 19.7 Å². The highest BCUT2D eigenvalue weighted by Crippen LogP contribution is 2.13. The minimum Gasteiger partial charge on any atom is -0.481 e. The van der Waals surface area contributed by atoms with E-state index in [4.69, 9.17) is 9.84 Å². The molecule has 124 valence electrons. The quantitative estimate of drug-likeness (QED) is 0.470. The average Bonchev–Trinajstić information content (AvgIpc) is 2.38. The zero-order valence-electron chi connectivity index (χ0n) is 14.4. The van der Waals surface area contributed by atoms with Crippen LogP contribution in [0.2, 0.25) is 0 Å². The number of rotatable bonds is 11. The molecule has 0 spiro atoms. The first-order chi connectivity index (χ1) is 9.66. The normalized spacial score (nSPS) is 13.9. The summed E-state index contributed by atoms with van der Waals surface area (Å²) < 4.78 is 5.93. The van der Waals surface area contributed by atoms with Crippen LogP contribution in [-0.4, -0.2) is 53.7 Å². The molecule has 0 rings (SSSR count). The van der Waals surface area contributed by atoms with Gasteiger partial charge in [0.05, 0.1) is 11.9 Å². The molecule has 1 atom stereocenters. The number of ether oxygens (including phenoxy) is 1. The van der Waals surface area contributed by atoms with Crippen molar-refractivity contribution < 1.29 is 14.6 Å². The van der Waals surface area contributed by atoms with Gasteiger partial charge in [0.15, 0.2) is 0 Å². The molecule has 0 aromatic rings. The van der Waals surface area contributed by atoms with Crippen molar-refractivity contribution in [3.05, 3.63) is 0 Å². The molecule has 0 aliphatic carbocycles. The zero-order valence-corrected chi connectivity index (χ0v) is 14.4. The monoisotopic (exact) mass is 300 g/mol. The Morgan fingerprint density at radius 2 is 2.00 bits per heavy atom. The molecule has 0 bridgehead atoms. The van der Waals surface area contributed by atoms with Gasteiger partial charge in [0.1, 0.15) is 0 Å². The summed E-state index contributed by atoms with van der Waals surface area (Å²) in [4.78, 5) is 17.1. The van der Waals surface area contributed by atoms with Gasteiger partial charge in [0.25, 0.3) is 0 Å². The van der Waals surface area contributed by atoms with Crippen LogP contribution in [0, 0.1) is 5.92 Å². The van der Waals surface area contributed by atoms with Crippen molar-refractivity contribution in [1.29, 1.82) is 0 Å². The molecule has 0 radical (unpaired) electrons. The van der Waals surface area contributed by atoms with Crippen molar-refractivity contribution in [3.8, 4) is 0 Å². The Morgan fingerprint density at radius 1 is 1.38 bits per heavy atom. The molecule has 0 amide bonds. The van der Waals surface area contributed by atoms with E-state index in [9.17, 15) is 4.79 Å². The number of carboxylic acid groups (broad SMARTS) is 1. The van der Waals surface area contributed by atoms with Gasteiger partial charge >= 0.3 is 5.97 Å². The fourth-order valence-electron chi connectivity index (χ4n) is 1.78. The summed E-state index contributed by atoms with van der Waals surface area (Å²) in [6, 6.07) is 0.0230. The molecule has 0 aromatic heterocycles. The van der Waals surface area contributed by atoms with Crippen molar-refractivity contribution in [2.24, 2.45) is 10.9 Å². The third-order valence-corrected chi connectivity index (χ3v) is 3.06.